The highest BCUT2D eigenvalue weighted by Crippen LogP contribution is 2.17. The fraction of sp³-hybridized carbons (Fsp3) is 0.167. The molecule has 0 unspecified atom stereocenters. The topological polar surface area (TPSA) is 75.4 Å². The number of aromatic carboxylic acids is 1. The Labute approximate surface area is 108 Å². The van der Waals surface area contributed by atoms with Crippen molar-refractivity contribution in [1.82, 2.24) is 4.98 Å². The number of aryl methyl sites for hydroxylation is 1. The van der Waals surface area contributed by atoms with E-state index in [-0.39, 0.29) is 5.76 Å². The van der Waals surface area contributed by atoms with Crippen LogP contribution in [0.2, 0.25) is 5.15 Å². The van der Waals surface area contributed by atoms with Crippen molar-refractivity contribution in [2.75, 3.05) is 5.32 Å². The normalized spacial score (nSPS) is 10.3. The van der Waals surface area contributed by atoms with Crippen LogP contribution >= 0.6 is 11.6 Å². The third kappa shape index (κ3) is 2.81. The first-order valence-electron chi connectivity index (χ1n) is 5.25. The van der Waals surface area contributed by atoms with E-state index in [1.165, 1.54) is 6.07 Å². The fourth-order valence-corrected chi connectivity index (χ4v) is 1.68. The number of nitrogens with one attached hydrogen (secondary N) is 1. The summed E-state index contributed by atoms with van der Waals surface area (Å²) in [6.07, 6.45) is 0. The SMILES string of the molecule is Cc1nc(Cl)ccc1NCc1ccc(C(=O)O)o1. The van der Waals surface area contributed by atoms with Gasteiger partial charge in [0.15, 0.2) is 0 Å². The molecule has 0 aromatic carbocycles. The molecule has 0 saturated carbocycles. The Balaban J connectivity index is 2.04. The maximum absolute atomic E-state index is 10.6. The van der Waals surface area contributed by atoms with Crippen molar-refractivity contribution in [2.45, 2.75) is 13.5 Å². The highest BCUT2D eigenvalue weighted by atomic mass is 35.5. The molecule has 2 aromatic rings. The molecule has 0 saturated heterocycles. The zero-order valence-corrected chi connectivity index (χ0v) is 10.4. The van der Waals surface area contributed by atoms with Gasteiger partial charge in [0.2, 0.25) is 5.76 Å². The zero-order valence-electron chi connectivity index (χ0n) is 9.61. The molecule has 0 amide bonds. The van der Waals surface area contributed by atoms with Crippen LogP contribution in [-0.2, 0) is 6.54 Å². The monoisotopic (exact) mass is 266 g/mol. The van der Waals surface area contributed by atoms with Gasteiger partial charge >= 0.3 is 5.97 Å². The maximum Gasteiger partial charge on any atom is 0.371 e. The van der Waals surface area contributed by atoms with Crippen LogP contribution in [0.25, 0.3) is 0 Å². The summed E-state index contributed by atoms with van der Waals surface area (Å²) in [7, 11) is 0. The Morgan fingerprint density at radius 3 is 2.83 bits per heavy atom. The van der Waals surface area contributed by atoms with Gasteiger partial charge in [0.25, 0.3) is 0 Å². The van der Waals surface area contributed by atoms with E-state index in [9.17, 15) is 4.79 Å². The van der Waals surface area contributed by atoms with Crippen LogP contribution < -0.4 is 5.32 Å². The Morgan fingerprint density at radius 2 is 2.22 bits per heavy atom. The minimum absolute atomic E-state index is 0.0715. The molecule has 2 rings (SSSR count). The lowest BCUT2D eigenvalue weighted by atomic mass is 10.3. The number of hydrogen-bond acceptors (Lipinski definition) is 4. The van der Waals surface area contributed by atoms with Crippen molar-refractivity contribution in [2.24, 2.45) is 0 Å². The third-order valence-corrected chi connectivity index (χ3v) is 2.59. The highest BCUT2D eigenvalue weighted by molar-refractivity contribution is 6.29. The number of nitrogens with zero attached hydrogens (tertiary/aromatic N) is 1. The predicted molar refractivity (Wildman–Crippen MR) is 67.0 cm³/mol. The summed E-state index contributed by atoms with van der Waals surface area (Å²) in [5, 5.41) is 12.3. The van der Waals surface area contributed by atoms with Crippen molar-refractivity contribution in [3.05, 3.63) is 46.6 Å². The lowest BCUT2D eigenvalue weighted by molar-refractivity contribution is 0.0660. The number of halogens is 1. The molecule has 2 N–H and O–H groups in total. The van der Waals surface area contributed by atoms with Crippen LogP contribution in [0.1, 0.15) is 22.0 Å². The summed E-state index contributed by atoms with van der Waals surface area (Å²) < 4.78 is 5.12. The smallest absolute Gasteiger partial charge is 0.371 e. The Hall–Kier alpha value is -2.01. The molecular weight excluding hydrogens is 256 g/mol. The summed E-state index contributed by atoms with van der Waals surface area (Å²) in [6, 6.07) is 6.54. The zero-order chi connectivity index (χ0) is 13.1. The number of pyridine rings is 1. The molecule has 0 bridgehead atoms. The molecule has 2 heterocycles. The fourth-order valence-electron chi connectivity index (χ4n) is 1.49. The maximum atomic E-state index is 10.6. The van der Waals surface area contributed by atoms with Crippen molar-refractivity contribution < 1.29 is 14.3 Å². The largest absolute Gasteiger partial charge is 0.475 e. The van der Waals surface area contributed by atoms with Gasteiger partial charge < -0.3 is 14.8 Å². The number of furan rings is 1. The van der Waals surface area contributed by atoms with Gasteiger partial charge in [-0.15, -0.1) is 0 Å². The van der Waals surface area contributed by atoms with Crippen molar-refractivity contribution >= 4 is 23.3 Å². The predicted octanol–water partition coefficient (Wildman–Crippen LogP) is 2.95. The average Bonchev–Trinajstić information content (AvgIpc) is 2.76. The van der Waals surface area contributed by atoms with Crippen molar-refractivity contribution in [3.63, 3.8) is 0 Å². The van der Waals surface area contributed by atoms with Gasteiger partial charge in [-0.05, 0) is 31.2 Å². The van der Waals surface area contributed by atoms with Crippen molar-refractivity contribution in [1.29, 1.82) is 0 Å². The molecule has 0 aliphatic heterocycles. The molecule has 6 heteroatoms. The van der Waals surface area contributed by atoms with Crippen LogP contribution in [0.5, 0.6) is 0 Å². The number of aromatic nitrogens is 1. The van der Waals surface area contributed by atoms with E-state index < -0.39 is 5.97 Å². The van der Waals surface area contributed by atoms with Crippen molar-refractivity contribution in [3.8, 4) is 0 Å². The van der Waals surface area contributed by atoms with Gasteiger partial charge in [0.1, 0.15) is 10.9 Å². The number of carbonyl (C=O) groups is 1. The molecule has 0 radical (unpaired) electrons. The van der Waals surface area contributed by atoms with Crippen LogP contribution in [0, 0.1) is 6.92 Å². The van der Waals surface area contributed by atoms with E-state index in [1.807, 2.05) is 13.0 Å². The average molecular weight is 267 g/mol. The Morgan fingerprint density at radius 1 is 1.44 bits per heavy atom. The van der Waals surface area contributed by atoms with E-state index >= 15 is 0 Å². The molecule has 94 valence electrons. The molecule has 2 aromatic heterocycles. The summed E-state index contributed by atoms with van der Waals surface area (Å²) in [6.45, 7) is 2.22. The second kappa shape index (κ2) is 5.10. The number of rotatable bonds is 4. The standard InChI is InChI=1S/C12H11ClN2O3/c1-7-9(3-5-11(13)15-7)14-6-8-2-4-10(18-8)12(16)17/h2-5,14H,6H2,1H3,(H,16,17). The molecule has 0 aliphatic carbocycles. The summed E-state index contributed by atoms with van der Waals surface area (Å²) in [5.41, 5.74) is 1.60. The third-order valence-electron chi connectivity index (χ3n) is 2.38. The number of carboxylic acids is 1. The van der Waals surface area contributed by atoms with Crippen LogP contribution in [0.3, 0.4) is 0 Å². The van der Waals surface area contributed by atoms with Crippen LogP contribution in [0.4, 0.5) is 5.69 Å². The molecule has 0 atom stereocenters. The first kappa shape index (κ1) is 12.4. The van der Waals surface area contributed by atoms with E-state index in [4.69, 9.17) is 21.1 Å². The summed E-state index contributed by atoms with van der Waals surface area (Å²) in [4.78, 5) is 14.7. The van der Waals surface area contributed by atoms with E-state index in [0.717, 1.165) is 11.4 Å². The highest BCUT2D eigenvalue weighted by Gasteiger charge is 2.09. The number of anilines is 1. The van der Waals surface area contributed by atoms with Gasteiger partial charge in [-0.3, -0.25) is 0 Å². The lowest BCUT2D eigenvalue weighted by Crippen LogP contribution is -2.01. The quantitative estimate of drug-likeness (QED) is 0.832. The molecular formula is C12H11ClN2O3. The van der Waals surface area contributed by atoms with E-state index in [0.29, 0.717) is 17.5 Å². The van der Waals surface area contributed by atoms with E-state index in [1.54, 1.807) is 12.1 Å². The molecule has 5 nitrogen and oxygen atoms in total. The molecule has 0 aliphatic rings. The van der Waals surface area contributed by atoms with Gasteiger partial charge in [-0.2, -0.15) is 0 Å². The second-order valence-electron chi connectivity index (χ2n) is 3.69. The van der Waals surface area contributed by atoms with Crippen LogP contribution in [-0.4, -0.2) is 16.1 Å². The van der Waals surface area contributed by atoms with E-state index in [2.05, 4.69) is 10.3 Å². The number of hydrogen-bond donors (Lipinski definition) is 2. The first-order valence-corrected chi connectivity index (χ1v) is 5.63. The molecule has 0 spiro atoms. The molecule has 18 heavy (non-hydrogen) atoms. The Kier molecular flexibility index (Phi) is 3.53. The van der Waals surface area contributed by atoms with Gasteiger partial charge in [0.05, 0.1) is 17.9 Å². The second-order valence-corrected chi connectivity index (χ2v) is 4.08. The minimum Gasteiger partial charge on any atom is -0.475 e. The van der Waals surface area contributed by atoms with Gasteiger partial charge in [-0.1, -0.05) is 11.6 Å². The summed E-state index contributed by atoms with van der Waals surface area (Å²) >= 11 is 5.75. The van der Waals surface area contributed by atoms with Gasteiger partial charge in [0, 0.05) is 0 Å². The molecule has 0 fully saturated rings. The lowest BCUT2D eigenvalue weighted by Gasteiger charge is -2.07. The Bertz CT molecular complexity index is 580. The van der Waals surface area contributed by atoms with Gasteiger partial charge in [-0.25, -0.2) is 9.78 Å². The minimum atomic E-state index is -1.08. The summed E-state index contributed by atoms with van der Waals surface area (Å²) in [5.74, 6) is -0.606. The first-order chi connectivity index (χ1) is 8.56. The number of carboxylic acid groups (broad SMARTS) is 1. The van der Waals surface area contributed by atoms with Crippen LogP contribution in [0.15, 0.2) is 28.7 Å².